The van der Waals surface area contributed by atoms with E-state index in [0.29, 0.717) is 12.0 Å². The summed E-state index contributed by atoms with van der Waals surface area (Å²) in [5.41, 5.74) is 1.11. The van der Waals surface area contributed by atoms with Crippen molar-refractivity contribution < 1.29 is 4.42 Å². The fourth-order valence-electron chi connectivity index (χ4n) is 3.84. The summed E-state index contributed by atoms with van der Waals surface area (Å²) in [6.45, 7) is 11.9. The first-order valence-electron chi connectivity index (χ1n) is 9.25. The molecule has 0 aliphatic carbocycles. The molecule has 134 valence electrons. The van der Waals surface area contributed by atoms with E-state index in [-0.39, 0.29) is 0 Å². The van der Waals surface area contributed by atoms with E-state index in [1.807, 2.05) is 12.3 Å². The maximum Gasteiger partial charge on any atom is 0.181 e. The summed E-state index contributed by atoms with van der Waals surface area (Å²) in [5, 5.41) is 0. The van der Waals surface area contributed by atoms with Crippen LogP contribution in [-0.4, -0.2) is 65.1 Å². The second kappa shape index (κ2) is 7.14. The van der Waals surface area contributed by atoms with Gasteiger partial charge in [-0.25, -0.2) is 9.97 Å². The predicted molar refractivity (Wildman–Crippen MR) is 97.7 cm³/mol. The average Bonchev–Trinajstić information content (AvgIpc) is 3.07. The van der Waals surface area contributed by atoms with Gasteiger partial charge in [0.25, 0.3) is 0 Å². The van der Waals surface area contributed by atoms with E-state index in [4.69, 9.17) is 4.42 Å². The Labute approximate surface area is 149 Å². The summed E-state index contributed by atoms with van der Waals surface area (Å²) < 4.78 is 5.53. The highest BCUT2D eigenvalue weighted by Gasteiger charge is 2.34. The van der Waals surface area contributed by atoms with Gasteiger partial charge in [-0.1, -0.05) is 19.9 Å². The van der Waals surface area contributed by atoms with Crippen molar-refractivity contribution in [1.29, 1.82) is 0 Å². The molecule has 2 aliphatic heterocycles. The molecular weight excluding hydrogens is 314 g/mol. The van der Waals surface area contributed by atoms with Gasteiger partial charge in [-0.2, -0.15) is 0 Å². The molecule has 0 amide bonds. The first-order valence-corrected chi connectivity index (χ1v) is 9.25. The second-order valence-corrected chi connectivity index (χ2v) is 7.38. The highest BCUT2D eigenvalue weighted by Crippen LogP contribution is 2.24. The number of anilines is 1. The van der Waals surface area contributed by atoms with Gasteiger partial charge in [0.15, 0.2) is 6.39 Å². The molecule has 0 atom stereocenters. The fourth-order valence-corrected chi connectivity index (χ4v) is 3.84. The van der Waals surface area contributed by atoms with Crippen molar-refractivity contribution in [2.75, 3.05) is 44.2 Å². The van der Waals surface area contributed by atoms with Crippen LogP contribution in [-0.2, 0) is 6.54 Å². The SMILES string of the molecule is CC(C)c1ocnc1CN1CC(N2CCN(c3ccccn3)CC2)C1. The van der Waals surface area contributed by atoms with E-state index in [1.165, 1.54) is 0 Å². The monoisotopic (exact) mass is 341 g/mol. The third-order valence-corrected chi connectivity index (χ3v) is 5.31. The Bertz CT molecular complexity index is 672. The summed E-state index contributed by atoms with van der Waals surface area (Å²) in [6, 6.07) is 6.82. The van der Waals surface area contributed by atoms with Crippen LogP contribution in [0.4, 0.5) is 5.82 Å². The molecule has 0 spiro atoms. The molecule has 2 fully saturated rings. The molecular formula is C19H27N5O. The number of hydrogen-bond acceptors (Lipinski definition) is 6. The number of aromatic nitrogens is 2. The number of oxazole rings is 1. The summed E-state index contributed by atoms with van der Waals surface area (Å²) >= 11 is 0. The van der Waals surface area contributed by atoms with Crippen LogP contribution in [0.1, 0.15) is 31.2 Å². The molecule has 6 nitrogen and oxygen atoms in total. The molecule has 4 heterocycles. The quantitative estimate of drug-likeness (QED) is 0.831. The van der Waals surface area contributed by atoms with Gasteiger partial charge >= 0.3 is 0 Å². The van der Waals surface area contributed by atoms with Gasteiger partial charge in [0.2, 0.25) is 0 Å². The smallest absolute Gasteiger partial charge is 0.181 e. The Morgan fingerprint density at radius 3 is 2.60 bits per heavy atom. The van der Waals surface area contributed by atoms with Crippen molar-refractivity contribution in [1.82, 2.24) is 19.8 Å². The van der Waals surface area contributed by atoms with E-state index in [1.54, 1.807) is 6.39 Å². The topological polar surface area (TPSA) is 48.6 Å². The summed E-state index contributed by atoms with van der Waals surface area (Å²) in [7, 11) is 0. The van der Waals surface area contributed by atoms with Gasteiger partial charge in [-0.15, -0.1) is 0 Å². The Balaban J connectivity index is 1.24. The van der Waals surface area contributed by atoms with Crippen LogP contribution in [0.2, 0.25) is 0 Å². The lowest BCUT2D eigenvalue weighted by molar-refractivity contribution is 0.0245. The first-order chi connectivity index (χ1) is 12.2. The van der Waals surface area contributed by atoms with Gasteiger partial charge in [-0.3, -0.25) is 9.80 Å². The van der Waals surface area contributed by atoms with Crippen LogP contribution < -0.4 is 4.90 Å². The minimum absolute atomic E-state index is 0.397. The Morgan fingerprint density at radius 2 is 1.92 bits per heavy atom. The molecule has 6 heteroatoms. The molecule has 0 N–H and O–H groups in total. The van der Waals surface area contributed by atoms with Crippen LogP contribution in [0.3, 0.4) is 0 Å². The van der Waals surface area contributed by atoms with Gasteiger partial charge in [0, 0.05) is 64.0 Å². The third-order valence-electron chi connectivity index (χ3n) is 5.31. The zero-order valence-corrected chi connectivity index (χ0v) is 15.1. The van der Waals surface area contributed by atoms with Gasteiger partial charge in [0.05, 0.1) is 5.69 Å². The lowest BCUT2D eigenvalue weighted by Crippen LogP contribution is -2.62. The van der Waals surface area contributed by atoms with Gasteiger partial charge in [0.1, 0.15) is 11.6 Å². The van der Waals surface area contributed by atoms with Crippen molar-refractivity contribution in [2.24, 2.45) is 0 Å². The van der Waals surface area contributed by atoms with Crippen molar-refractivity contribution >= 4 is 5.82 Å². The van der Waals surface area contributed by atoms with Crippen molar-refractivity contribution in [3.63, 3.8) is 0 Å². The molecule has 25 heavy (non-hydrogen) atoms. The van der Waals surface area contributed by atoms with Crippen LogP contribution in [0.25, 0.3) is 0 Å². The van der Waals surface area contributed by atoms with Gasteiger partial charge < -0.3 is 9.32 Å². The lowest BCUT2D eigenvalue weighted by atomic mass is 10.0. The Kier molecular flexibility index (Phi) is 4.72. The minimum atomic E-state index is 0.397. The van der Waals surface area contributed by atoms with E-state index < -0.39 is 0 Å². The highest BCUT2D eigenvalue weighted by molar-refractivity contribution is 5.38. The summed E-state index contributed by atoms with van der Waals surface area (Å²) in [5.74, 6) is 2.53. The predicted octanol–water partition coefficient (Wildman–Crippen LogP) is 2.20. The molecule has 2 aliphatic rings. The van der Waals surface area contributed by atoms with Crippen molar-refractivity contribution in [2.45, 2.75) is 32.4 Å². The normalized spacial score (nSPS) is 20.2. The number of pyridine rings is 1. The van der Waals surface area contributed by atoms with E-state index in [9.17, 15) is 0 Å². The zero-order valence-electron chi connectivity index (χ0n) is 15.1. The standard InChI is InChI=1S/C19H27N5O/c1-15(2)19-17(21-14-25-19)13-22-11-16(12-22)23-7-9-24(10-8-23)18-5-3-4-6-20-18/h3-6,14-16H,7-13H2,1-2H3. The maximum atomic E-state index is 5.53. The molecule has 0 radical (unpaired) electrons. The molecule has 0 aromatic carbocycles. The first kappa shape index (κ1) is 16.5. The fraction of sp³-hybridized carbons (Fsp3) is 0.579. The molecule has 0 bridgehead atoms. The Hall–Kier alpha value is -1.92. The molecule has 4 rings (SSSR count). The highest BCUT2D eigenvalue weighted by atomic mass is 16.3. The largest absolute Gasteiger partial charge is 0.448 e. The number of hydrogen-bond donors (Lipinski definition) is 0. The summed E-state index contributed by atoms with van der Waals surface area (Å²) in [6.07, 6.45) is 3.46. The van der Waals surface area contributed by atoms with Crippen LogP contribution in [0.5, 0.6) is 0 Å². The Morgan fingerprint density at radius 1 is 1.12 bits per heavy atom. The van der Waals surface area contributed by atoms with E-state index in [0.717, 1.165) is 63.1 Å². The maximum absolute atomic E-state index is 5.53. The van der Waals surface area contributed by atoms with Crippen molar-refractivity contribution in [3.8, 4) is 0 Å². The van der Waals surface area contributed by atoms with Crippen LogP contribution in [0.15, 0.2) is 35.2 Å². The van der Waals surface area contributed by atoms with Crippen LogP contribution >= 0.6 is 0 Å². The van der Waals surface area contributed by atoms with E-state index >= 15 is 0 Å². The third kappa shape index (κ3) is 3.55. The zero-order chi connectivity index (χ0) is 17.2. The molecule has 2 saturated heterocycles. The molecule has 0 saturated carbocycles. The lowest BCUT2D eigenvalue weighted by Gasteiger charge is -2.48. The number of likely N-dealkylation sites (tertiary alicyclic amines) is 1. The minimum Gasteiger partial charge on any atom is -0.448 e. The number of piperazine rings is 1. The van der Waals surface area contributed by atoms with Gasteiger partial charge in [-0.05, 0) is 12.1 Å². The summed E-state index contributed by atoms with van der Waals surface area (Å²) in [4.78, 5) is 16.4. The molecule has 0 unspecified atom stereocenters. The average molecular weight is 341 g/mol. The van der Waals surface area contributed by atoms with Crippen molar-refractivity contribution in [3.05, 3.63) is 42.2 Å². The van der Waals surface area contributed by atoms with Crippen LogP contribution in [0, 0.1) is 0 Å². The number of rotatable bonds is 5. The second-order valence-electron chi connectivity index (χ2n) is 7.38. The van der Waals surface area contributed by atoms with E-state index in [2.05, 4.69) is 50.6 Å². The molecule has 2 aromatic heterocycles. The number of nitrogens with zero attached hydrogens (tertiary/aromatic N) is 5. The molecule has 2 aromatic rings.